The van der Waals surface area contributed by atoms with Crippen LogP contribution in [0.1, 0.15) is 31.7 Å². The molecule has 27 heavy (non-hydrogen) atoms. The van der Waals surface area contributed by atoms with Gasteiger partial charge in [0.25, 0.3) is 0 Å². The number of rotatable bonds is 6. The van der Waals surface area contributed by atoms with Crippen LogP contribution in [0.15, 0.2) is 23.3 Å². The van der Waals surface area contributed by atoms with Crippen molar-refractivity contribution in [3.8, 4) is 0 Å². The van der Waals surface area contributed by atoms with Crippen LogP contribution in [0.2, 0.25) is 0 Å². The van der Waals surface area contributed by atoms with Crippen molar-refractivity contribution in [2.75, 3.05) is 45.7 Å². The number of guanidine groups is 1. The van der Waals surface area contributed by atoms with E-state index in [1.165, 1.54) is 0 Å². The number of piperidine rings is 1. The Morgan fingerprint density at radius 3 is 2.67 bits per heavy atom. The lowest BCUT2D eigenvalue weighted by Gasteiger charge is -2.34. The lowest BCUT2D eigenvalue weighted by molar-refractivity contribution is -0.121. The van der Waals surface area contributed by atoms with Gasteiger partial charge in [0, 0.05) is 59.0 Å². The van der Waals surface area contributed by atoms with E-state index >= 15 is 0 Å². The van der Waals surface area contributed by atoms with Crippen LogP contribution in [0.4, 0.5) is 5.82 Å². The maximum atomic E-state index is 11.6. The normalized spacial score (nSPS) is 15.1. The van der Waals surface area contributed by atoms with Gasteiger partial charge in [-0.3, -0.25) is 4.79 Å². The summed E-state index contributed by atoms with van der Waals surface area (Å²) in [7, 11) is 5.70. The molecule has 0 aliphatic carbocycles. The molecule has 0 aromatic carbocycles. The molecule has 7 nitrogen and oxygen atoms in total. The summed E-state index contributed by atoms with van der Waals surface area (Å²) in [6.07, 6.45) is 4.48. The fourth-order valence-corrected chi connectivity index (χ4v) is 3.26. The molecule has 1 aliphatic rings. The third-order valence-corrected chi connectivity index (χ3v) is 4.69. The topological polar surface area (TPSA) is 72.9 Å². The molecule has 152 valence electrons. The molecule has 1 amide bonds. The Hall–Kier alpha value is -1.58. The molecule has 2 rings (SSSR count). The molecule has 1 aliphatic heterocycles. The van der Waals surface area contributed by atoms with E-state index in [0.717, 1.165) is 49.8 Å². The average Bonchev–Trinajstić information content (AvgIpc) is 2.66. The number of nitrogens with one attached hydrogen (secondary N) is 2. The zero-order valence-corrected chi connectivity index (χ0v) is 19.2. The fourth-order valence-electron chi connectivity index (χ4n) is 3.26. The molecule has 0 bridgehead atoms. The molecule has 1 saturated heterocycles. The van der Waals surface area contributed by atoms with E-state index in [1.54, 1.807) is 7.05 Å². The van der Waals surface area contributed by atoms with E-state index in [9.17, 15) is 4.79 Å². The molecular formula is C19H33IN6O. The summed E-state index contributed by atoms with van der Waals surface area (Å²) < 4.78 is 0. The highest BCUT2D eigenvalue weighted by Crippen LogP contribution is 2.21. The van der Waals surface area contributed by atoms with Gasteiger partial charge in [-0.05, 0) is 31.7 Å². The number of pyridine rings is 1. The molecule has 2 N–H and O–H groups in total. The van der Waals surface area contributed by atoms with Crippen molar-refractivity contribution >= 4 is 41.7 Å². The zero-order chi connectivity index (χ0) is 18.9. The Bertz CT molecular complexity index is 614. The number of aromatic nitrogens is 1. The van der Waals surface area contributed by atoms with Crippen molar-refractivity contribution in [3.05, 3.63) is 23.9 Å². The summed E-state index contributed by atoms with van der Waals surface area (Å²) in [6.45, 7) is 5.39. The van der Waals surface area contributed by atoms with Gasteiger partial charge in [-0.15, -0.1) is 24.0 Å². The largest absolute Gasteiger partial charge is 0.362 e. The minimum absolute atomic E-state index is 0. The maximum absolute atomic E-state index is 11.6. The van der Waals surface area contributed by atoms with Crippen LogP contribution in [0.3, 0.4) is 0 Å². The van der Waals surface area contributed by atoms with E-state index in [1.807, 2.05) is 31.3 Å². The second-order valence-electron chi connectivity index (χ2n) is 6.86. The van der Waals surface area contributed by atoms with E-state index < -0.39 is 0 Å². The molecule has 0 atom stereocenters. The van der Waals surface area contributed by atoms with Crippen LogP contribution in [0.5, 0.6) is 0 Å². The molecule has 0 spiro atoms. The van der Waals surface area contributed by atoms with Crippen molar-refractivity contribution < 1.29 is 4.79 Å². The third kappa shape index (κ3) is 7.15. The number of carbonyl (C=O) groups excluding carboxylic acids is 1. The first kappa shape index (κ1) is 23.5. The number of carbonyl (C=O) groups is 1. The van der Waals surface area contributed by atoms with E-state index in [-0.39, 0.29) is 29.9 Å². The lowest BCUT2D eigenvalue weighted by Crippen LogP contribution is -2.46. The van der Waals surface area contributed by atoms with E-state index in [4.69, 9.17) is 4.99 Å². The van der Waals surface area contributed by atoms with E-state index in [0.29, 0.717) is 18.9 Å². The first-order chi connectivity index (χ1) is 12.5. The van der Waals surface area contributed by atoms with Gasteiger partial charge in [0.15, 0.2) is 5.96 Å². The molecule has 2 heterocycles. The lowest BCUT2D eigenvalue weighted by atomic mass is 9.93. The van der Waals surface area contributed by atoms with Crippen LogP contribution in [-0.2, 0) is 11.3 Å². The van der Waals surface area contributed by atoms with Gasteiger partial charge < -0.3 is 20.4 Å². The van der Waals surface area contributed by atoms with Gasteiger partial charge in [0.2, 0.25) is 5.91 Å². The predicted octanol–water partition coefficient (Wildman–Crippen LogP) is 2.08. The number of likely N-dealkylation sites (tertiary alicyclic amines) is 1. The molecule has 8 heteroatoms. The second kappa shape index (κ2) is 12.0. The van der Waals surface area contributed by atoms with Crippen molar-refractivity contribution in [1.82, 2.24) is 20.5 Å². The van der Waals surface area contributed by atoms with Crippen LogP contribution in [-0.4, -0.2) is 62.5 Å². The summed E-state index contributed by atoms with van der Waals surface area (Å²) in [4.78, 5) is 25.2. The Labute approximate surface area is 180 Å². The Balaban J connectivity index is 0.00000364. The SMILES string of the molecule is CCNC(=NCc1cccnc1N(C)C)N1CCC(CC(=O)NC)CC1.I. The fraction of sp³-hybridized carbons (Fsp3) is 0.632. The average molecular weight is 488 g/mol. The number of nitrogens with zero attached hydrogens (tertiary/aromatic N) is 4. The quantitative estimate of drug-likeness (QED) is 0.365. The molecule has 0 radical (unpaired) electrons. The highest BCUT2D eigenvalue weighted by atomic mass is 127. The summed E-state index contributed by atoms with van der Waals surface area (Å²) in [5, 5.41) is 6.12. The molecule has 1 fully saturated rings. The number of amides is 1. The van der Waals surface area contributed by atoms with Crippen LogP contribution in [0.25, 0.3) is 0 Å². The van der Waals surface area contributed by atoms with Gasteiger partial charge in [0.1, 0.15) is 5.82 Å². The first-order valence-corrected chi connectivity index (χ1v) is 9.40. The number of aliphatic imine (C=N–C) groups is 1. The van der Waals surface area contributed by atoms with Crippen molar-refractivity contribution in [3.63, 3.8) is 0 Å². The number of halogens is 1. The van der Waals surface area contributed by atoms with Gasteiger partial charge in [-0.25, -0.2) is 9.98 Å². The van der Waals surface area contributed by atoms with Gasteiger partial charge in [0.05, 0.1) is 6.54 Å². The Morgan fingerprint density at radius 2 is 2.07 bits per heavy atom. The summed E-state index contributed by atoms with van der Waals surface area (Å²) in [5.74, 6) is 2.50. The van der Waals surface area contributed by atoms with Crippen molar-refractivity contribution in [1.29, 1.82) is 0 Å². The van der Waals surface area contributed by atoms with Gasteiger partial charge in [-0.1, -0.05) is 6.07 Å². The van der Waals surface area contributed by atoms with Crippen LogP contribution in [0, 0.1) is 5.92 Å². The monoisotopic (exact) mass is 488 g/mol. The third-order valence-electron chi connectivity index (χ3n) is 4.69. The maximum Gasteiger partial charge on any atom is 0.220 e. The Kier molecular flexibility index (Phi) is 10.4. The predicted molar refractivity (Wildman–Crippen MR) is 122 cm³/mol. The number of anilines is 1. The molecule has 1 aromatic heterocycles. The summed E-state index contributed by atoms with van der Waals surface area (Å²) in [6, 6.07) is 4.03. The van der Waals surface area contributed by atoms with E-state index in [2.05, 4.69) is 33.5 Å². The summed E-state index contributed by atoms with van der Waals surface area (Å²) in [5.41, 5.74) is 1.11. The smallest absolute Gasteiger partial charge is 0.220 e. The van der Waals surface area contributed by atoms with Crippen LogP contribution >= 0.6 is 24.0 Å². The molecular weight excluding hydrogens is 455 g/mol. The standard InChI is InChI=1S/C19H32N6O.HI/c1-5-21-19(23-14-16-7-6-10-22-18(16)24(3)4)25-11-8-15(9-12-25)13-17(26)20-2;/h6-7,10,15H,5,8-9,11-14H2,1-4H3,(H,20,26)(H,21,23);1H. The number of hydrogen-bond donors (Lipinski definition) is 2. The Morgan fingerprint density at radius 1 is 1.37 bits per heavy atom. The minimum atomic E-state index is 0. The second-order valence-corrected chi connectivity index (χ2v) is 6.86. The van der Waals surface area contributed by atoms with Gasteiger partial charge in [-0.2, -0.15) is 0 Å². The minimum Gasteiger partial charge on any atom is -0.362 e. The molecule has 0 saturated carbocycles. The number of hydrogen-bond acceptors (Lipinski definition) is 4. The summed E-state index contributed by atoms with van der Waals surface area (Å²) >= 11 is 0. The first-order valence-electron chi connectivity index (χ1n) is 9.40. The van der Waals surface area contributed by atoms with Crippen LogP contribution < -0.4 is 15.5 Å². The highest BCUT2D eigenvalue weighted by Gasteiger charge is 2.23. The van der Waals surface area contributed by atoms with Crippen molar-refractivity contribution in [2.45, 2.75) is 32.7 Å². The zero-order valence-electron chi connectivity index (χ0n) is 16.9. The highest BCUT2D eigenvalue weighted by molar-refractivity contribution is 14.0. The molecule has 0 unspecified atom stereocenters. The molecule has 1 aromatic rings. The van der Waals surface area contributed by atoms with Gasteiger partial charge >= 0.3 is 0 Å². The van der Waals surface area contributed by atoms with Crippen molar-refractivity contribution in [2.24, 2.45) is 10.9 Å².